The van der Waals surface area contributed by atoms with E-state index in [0.29, 0.717) is 0 Å². The van der Waals surface area contributed by atoms with Gasteiger partial charge in [-0.15, -0.1) is 0 Å². The molecule has 0 radical (unpaired) electrons. The molecule has 7 heavy (non-hydrogen) atoms. The largest absolute Gasteiger partial charge is 0.392 e. The molecule has 1 aliphatic heterocycles. The van der Waals surface area contributed by atoms with Crippen LogP contribution in [0.4, 0.5) is 0 Å². The highest BCUT2D eigenvalue weighted by atomic mass is 16.3. The summed E-state index contributed by atoms with van der Waals surface area (Å²) in [4.78, 5) is 1.78. The lowest BCUT2D eigenvalue weighted by Gasteiger charge is -2.04. The van der Waals surface area contributed by atoms with Crippen LogP contribution in [-0.2, 0) is 0 Å². The van der Waals surface area contributed by atoms with Crippen molar-refractivity contribution in [3.8, 4) is 0 Å². The second-order valence-corrected chi connectivity index (χ2v) is 1.70. The average molecular weight is 103 g/mol. The quantitative estimate of drug-likeness (QED) is 0.423. The molecule has 0 aromatic rings. The summed E-state index contributed by atoms with van der Waals surface area (Å²) in [6, 6.07) is 0. The molecule has 1 saturated heterocycles. The fourth-order valence-corrected chi connectivity index (χ4v) is 0.471. The molecule has 1 rings (SSSR count). The second-order valence-electron chi connectivity index (χ2n) is 1.70. The standard InChI is InChI=1S/C4H9NO2/c6-3-4(7)5-1-2-5/h4,6-7H,1-3H2. The highest BCUT2D eigenvalue weighted by Gasteiger charge is 2.24. The number of rotatable bonds is 2. The van der Waals surface area contributed by atoms with E-state index in [4.69, 9.17) is 10.2 Å². The van der Waals surface area contributed by atoms with E-state index in [0.717, 1.165) is 13.1 Å². The molecule has 2 N–H and O–H groups in total. The van der Waals surface area contributed by atoms with Crippen molar-refractivity contribution in [1.82, 2.24) is 4.90 Å². The molecule has 0 bridgehead atoms. The molecular weight excluding hydrogens is 94.0 g/mol. The summed E-state index contributed by atoms with van der Waals surface area (Å²) in [6.45, 7) is 1.73. The molecule has 0 spiro atoms. The van der Waals surface area contributed by atoms with Gasteiger partial charge in [-0.25, -0.2) is 0 Å². The number of aliphatic hydroxyl groups excluding tert-OH is 2. The van der Waals surface area contributed by atoms with Crippen molar-refractivity contribution in [3.05, 3.63) is 0 Å². The van der Waals surface area contributed by atoms with Gasteiger partial charge in [-0.2, -0.15) is 0 Å². The monoisotopic (exact) mass is 103 g/mol. The predicted octanol–water partition coefficient (Wildman–Crippen LogP) is -1.39. The first-order valence-electron chi connectivity index (χ1n) is 2.37. The Kier molecular flexibility index (Phi) is 1.27. The van der Waals surface area contributed by atoms with Gasteiger partial charge in [-0.3, -0.25) is 4.90 Å². The van der Waals surface area contributed by atoms with E-state index in [1.54, 1.807) is 4.90 Å². The molecule has 3 nitrogen and oxygen atoms in total. The van der Waals surface area contributed by atoms with E-state index >= 15 is 0 Å². The number of nitrogens with zero attached hydrogens (tertiary/aromatic N) is 1. The summed E-state index contributed by atoms with van der Waals surface area (Å²) >= 11 is 0. The van der Waals surface area contributed by atoms with E-state index in [-0.39, 0.29) is 6.61 Å². The van der Waals surface area contributed by atoms with Gasteiger partial charge in [0.2, 0.25) is 0 Å². The molecule has 0 saturated carbocycles. The van der Waals surface area contributed by atoms with Crippen molar-refractivity contribution in [3.63, 3.8) is 0 Å². The van der Waals surface area contributed by atoms with Gasteiger partial charge < -0.3 is 10.2 Å². The first-order chi connectivity index (χ1) is 3.34. The molecule has 0 aliphatic carbocycles. The number of hydrogen-bond acceptors (Lipinski definition) is 3. The third-order valence-electron chi connectivity index (χ3n) is 1.07. The number of hydrogen-bond donors (Lipinski definition) is 2. The number of aliphatic hydroxyl groups is 2. The van der Waals surface area contributed by atoms with Crippen LogP contribution in [0.2, 0.25) is 0 Å². The van der Waals surface area contributed by atoms with Crippen LogP contribution in [0.25, 0.3) is 0 Å². The molecule has 0 aromatic heterocycles. The van der Waals surface area contributed by atoms with Crippen LogP contribution in [0.1, 0.15) is 0 Å². The first-order valence-corrected chi connectivity index (χ1v) is 2.37. The minimum absolute atomic E-state index is 0.139. The molecular formula is C4H9NO2. The van der Waals surface area contributed by atoms with Gasteiger partial charge in [0.15, 0.2) is 0 Å². The highest BCUT2D eigenvalue weighted by molar-refractivity contribution is 4.74. The van der Waals surface area contributed by atoms with Crippen LogP contribution in [-0.4, -0.2) is 41.0 Å². The summed E-state index contributed by atoms with van der Waals surface area (Å²) in [5, 5.41) is 16.9. The van der Waals surface area contributed by atoms with E-state index in [9.17, 15) is 0 Å². The summed E-state index contributed by atoms with van der Waals surface area (Å²) in [6.07, 6.45) is -0.597. The third kappa shape index (κ3) is 1.12. The van der Waals surface area contributed by atoms with Crippen molar-refractivity contribution < 1.29 is 10.2 Å². The topological polar surface area (TPSA) is 43.5 Å². The van der Waals surface area contributed by atoms with Gasteiger partial charge in [0, 0.05) is 13.1 Å². The summed E-state index contributed by atoms with van der Waals surface area (Å²) in [5.74, 6) is 0. The third-order valence-corrected chi connectivity index (χ3v) is 1.07. The Morgan fingerprint density at radius 2 is 2.14 bits per heavy atom. The van der Waals surface area contributed by atoms with Crippen LogP contribution < -0.4 is 0 Å². The maximum absolute atomic E-state index is 8.67. The zero-order chi connectivity index (χ0) is 5.28. The predicted molar refractivity (Wildman–Crippen MR) is 24.7 cm³/mol. The zero-order valence-corrected chi connectivity index (χ0v) is 4.04. The SMILES string of the molecule is OCC(O)N1CC1. The van der Waals surface area contributed by atoms with Crippen LogP contribution >= 0.6 is 0 Å². The Hall–Kier alpha value is -0.120. The second kappa shape index (κ2) is 1.78. The fourth-order valence-electron chi connectivity index (χ4n) is 0.471. The fraction of sp³-hybridized carbons (Fsp3) is 1.00. The van der Waals surface area contributed by atoms with Crippen molar-refractivity contribution in [2.45, 2.75) is 6.23 Å². The lowest BCUT2D eigenvalue weighted by Crippen LogP contribution is -2.21. The molecule has 1 fully saturated rings. The summed E-state index contributed by atoms with van der Waals surface area (Å²) in [7, 11) is 0. The first kappa shape index (κ1) is 5.03. The van der Waals surface area contributed by atoms with E-state index < -0.39 is 6.23 Å². The van der Waals surface area contributed by atoms with E-state index in [2.05, 4.69) is 0 Å². The van der Waals surface area contributed by atoms with Crippen LogP contribution in [0.15, 0.2) is 0 Å². The smallest absolute Gasteiger partial charge is 0.130 e. The molecule has 42 valence electrons. The lowest BCUT2D eigenvalue weighted by molar-refractivity contribution is 0.0243. The maximum Gasteiger partial charge on any atom is 0.130 e. The molecule has 3 heteroatoms. The van der Waals surface area contributed by atoms with Gasteiger partial charge in [0.05, 0.1) is 6.61 Å². The summed E-state index contributed by atoms with van der Waals surface area (Å²) < 4.78 is 0. The minimum atomic E-state index is -0.597. The molecule has 1 atom stereocenters. The Morgan fingerprint density at radius 3 is 2.29 bits per heavy atom. The average Bonchev–Trinajstić information content (AvgIpc) is 2.44. The van der Waals surface area contributed by atoms with Crippen molar-refractivity contribution in [1.29, 1.82) is 0 Å². The molecule has 0 aromatic carbocycles. The maximum atomic E-state index is 8.67. The molecule has 1 heterocycles. The molecule has 0 amide bonds. The zero-order valence-electron chi connectivity index (χ0n) is 4.04. The van der Waals surface area contributed by atoms with E-state index in [1.165, 1.54) is 0 Å². The Labute approximate surface area is 42.2 Å². The van der Waals surface area contributed by atoms with Gasteiger partial charge >= 0.3 is 0 Å². The highest BCUT2D eigenvalue weighted by Crippen LogP contribution is 2.06. The van der Waals surface area contributed by atoms with Crippen LogP contribution in [0.3, 0.4) is 0 Å². The van der Waals surface area contributed by atoms with Crippen molar-refractivity contribution >= 4 is 0 Å². The van der Waals surface area contributed by atoms with Gasteiger partial charge in [0.1, 0.15) is 6.23 Å². The molecule has 1 unspecified atom stereocenters. The Bertz CT molecular complexity index is 62.7. The van der Waals surface area contributed by atoms with E-state index in [1.807, 2.05) is 0 Å². The summed E-state index contributed by atoms with van der Waals surface area (Å²) in [5.41, 5.74) is 0. The normalized spacial score (nSPS) is 24.9. The van der Waals surface area contributed by atoms with Gasteiger partial charge in [-0.05, 0) is 0 Å². The van der Waals surface area contributed by atoms with Crippen LogP contribution in [0, 0.1) is 0 Å². The van der Waals surface area contributed by atoms with Crippen molar-refractivity contribution in [2.24, 2.45) is 0 Å². The minimum Gasteiger partial charge on any atom is -0.392 e. The van der Waals surface area contributed by atoms with Gasteiger partial charge in [0.25, 0.3) is 0 Å². The van der Waals surface area contributed by atoms with Crippen LogP contribution in [0.5, 0.6) is 0 Å². The van der Waals surface area contributed by atoms with Crippen molar-refractivity contribution in [2.75, 3.05) is 19.7 Å². The Morgan fingerprint density at radius 1 is 1.57 bits per heavy atom. The Balaban J connectivity index is 2.10. The molecule has 1 aliphatic rings. The van der Waals surface area contributed by atoms with Gasteiger partial charge in [-0.1, -0.05) is 0 Å². The lowest BCUT2D eigenvalue weighted by atomic mass is 10.6.